The number of para-hydroxylation sites is 1. The number of rotatable bonds is 2. The highest BCUT2D eigenvalue weighted by atomic mass is 16.6. The molecule has 0 saturated heterocycles. The average Bonchev–Trinajstić information content (AvgIpc) is 2.45. The van der Waals surface area contributed by atoms with E-state index in [1.807, 2.05) is 36.4 Å². The highest BCUT2D eigenvalue weighted by Gasteiger charge is 2.24. The predicted molar refractivity (Wildman–Crippen MR) is 75.9 cm³/mol. The van der Waals surface area contributed by atoms with Crippen molar-refractivity contribution in [2.24, 2.45) is 0 Å². The van der Waals surface area contributed by atoms with E-state index in [0.717, 1.165) is 11.3 Å². The summed E-state index contributed by atoms with van der Waals surface area (Å²) in [7, 11) is 0. The zero-order valence-corrected chi connectivity index (χ0v) is 10.6. The lowest BCUT2D eigenvalue weighted by molar-refractivity contribution is -0.0352. The van der Waals surface area contributed by atoms with E-state index < -0.39 is 6.29 Å². The van der Waals surface area contributed by atoms with Crippen LogP contribution in [0, 0.1) is 0 Å². The maximum Gasteiger partial charge on any atom is 0.198 e. The Morgan fingerprint density at radius 3 is 2.58 bits per heavy atom. The predicted octanol–water partition coefficient (Wildman–Crippen LogP) is 3.58. The first kappa shape index (κ1) is 12.0. The van der Waals surface area contributed by atoms with Gasteiger partial charge in [-0.2, -0.15) is 0 Å². The van der Waals surface area contributed by atoms with Gasteiger partial charge in [-0.05, 0) is 11.6 Å². The molecular formula is C17H16O2. The highest BCUT2D eigenvalue weighted by molar-refractivity contribution is 5.52. The molecule has 0 aliphatic carbocycles. The largest absolute Gasteiger partial charge is 0.465 e. The molecule has 1 aliphatic heterocycles. The van der Waals surface area contributed by atoms with Crippen LogP contribution in [-0.2, 0) is 0 Å². The van der Waals surface area contributed by atoms with Gasteiger partial charge in [-0.25, -0.2) is 0 Å². The molecular weight excluding hydrogens is 236 g/mol. The molecule has 2 nitrogen and oxygen atoms in total. The van der Waals surface area contributed by atoms with Gasteiger partial charge in [-0.3, -0.25) is 0 Å². The number of hydrogen-bond donors (Lipinski definition) is 1. The lowest BCUT2D eigenvalue weighted by Gasteiger charge is -2.27. The lowest BCUT2D eigenvalue weighted by Crippen LogP contribution is -2.24. The van der Waals surface area contributed by atoms with Crippen molar-refractivity contribution >= 4 is 6.08 Å². The Morgan fingerprint density at radius 2 is 1.74 bits per heavy atom. The topological polar surface area (TPSA) is 29.5 Å². The maximum atomic E-state index is 9.77. The van der Waals surface area contributed by atoms with Crippen molar-refractivity contribution in [1.29, 1.82) is 0 Å². The van der Waals surface area contributed by atoms with Crippen molar-refractivity contribution in [3.63, 3.8) is 0 Å². The van der Waals surface area contributed by atoms with Gasteiger partial charge >= 0.3 is 0 Å². The third-order valence-electron chi connectivity index (χ3n) is 3.36. The maximum absolute atomic E-state index is 9.77. The Bertz CT molecular complexity index is 575. The van der Waals surface area contributed by atoms with Gasteiger partial charge in [0, 0.05) is 17.9 Å². The van der Waals surface area contributed by atoms with E-state index >= 15 is 0 Å². The minimum atomic E-state index is -0.722. The summed E-state index contributed by atoms with van der Waals surface area (Å²) in [5.41, 5.74) is 2.31. The normalized spacial score (nSPS) is 21.9. The van der Waals surface area contributed by atoms with Gasteiger partial charge in [0.05, 0.1) is 0 Å². The Labute approximate surface area is 113 Å². The molecule has 0 amide bonds. The average molecular weight is 252 g/mol. The van der Waals surface area contributed by atoms with Crippen LogP contribution in [0.25, 0.3) is 6.08 Å². The van der Waals surface area contributed by atoms with E-state index in [1.165, 1.54) is 5.56 Å². The van der Waals surface area contributed by atoms with Crippen LogP contribution in [0.5, 0.6) is 5.75 Å². The number of hydrogen-bond acceptors (Lipinski definition) is 2. The molecule has 2 unspecified atom stereocenters. The van der Waals surface area contributed by atoms with Crippen LogP contribution in [-0.4, -0.2) is 11.4 Å². The first-order valence-corrected chi connectivity index (χ1v) is 6.50. The van der Waals surface area contributed by atoms with Crippen molar-refractivity contribution < 1.29 is 9.84 Å². The molecule has 1 aliphatic rings. The summed E-state index contributed by atoms with van der Waals surface area (Å²) in [4.78, 5) is 0. The third-order valence-corrected chi connectivity index (χ3v) is 3.36. The fourth-order valence-corrected chi connectivity index (χ4v) is 2.41. The van der Waals surface area contributed by atoms with Gasteiger partial charge in [-0.15, -0.1) is 0 Å². The molecule has 2 atom stereocenters. The zero-order chi connectivity index (χ0) is 13.1. The quantitative estimate of drug-likeness (QED) is 0.885. The van der Waals surface area contributed by atoms with Crippen LogP contribution in [0.2, 0.25) is 0 Å². The number of aliphatic hydroxyl groups excluding tert-OH is 1. The van der Waals surface area contributed by atoms with Crippen LogP contribution >= 0.6 is 0 Å². The van der Waals surface area contributed by atoms with Crippen LogP contribution in [0.15, 0.2) is 60.7 Å². The molecule has 0 saturated carbocycles. The van der Waals surface area contributed by atoms with Gasteiger partial charge < -0.3 is 9.84 Å². The summed E-state index contributed by atoms with van der Waals surface area (Å²) in [5.74, 6) is 0.976. The zero-order valence-electron chi connectivity index (χ0n) is 10.6. The van der Waals surface area contributed by atoms with E-state index in [9.17, 15) is 5.11 Å². The Hall–Kier alpha value is -2.06. The molecule has 2 heteroatoms. The van der Waals surface area contributed by atoms with E-state index in [0.29, 0.717) is 6.42 Å². The Kier molecular flexibility index (Phi) is 3.34. The minimum Gasteiger partial charge on any atom is -0.465 e. The number of ether oxygens (including phenoxy) is 1. The molecule has 0 spiro atoms. The Balaban J connectivity index is 1.87. The second-order valence-corrected chi connectivity index (χ2v) is 4.72. The molecule has 19 heavy (non-hydrogen) atoms. The highest BCUT2D eigenvalue weighted by Crippen LogP contribution is 2.36. The lowest BCUT2D eigenvalue weighted by atomic mass is 9.91. The van der Waals surface area contributed by atoms with E-state index in [4.69, 9.17) is 4.74 Å². The molecule has 0 radical (unpaired) electrons. The van der Waals surface area contributed by atoms with Crippen LogP contribution in [0.4, 0.5) is 0 Å². The van der Waals surface area contributed by atoms with Crippen LogP contribution < -0.4 is 4.74 Å². The molecule has 0 bridgehead atoms. The van der Waals surface area contributed by atoms with Crippen LogP contribution in [0.1, 0.15) is 23.5 Å². The van der Waals surface area contributed by atoms with Crippen molar-refractivity contribution in [2.45, 2.75) is 18.6 Å². The minimum absolute atomic E-state index is 0.195. The molecule has 0 aromatic heterocycles. The first-order chi connectivity index (χ1) is 9.33. The fourth-order valence-electron chi connectivity index (χ4n) is 2.41. The van der Waals surface area contributed by atoms with E-state index in [1.54, 1.807) is 0 Å². The monoisotopic (exact) mass is 252 g/mol. The summed E-state index contributed by atoms with van der Waals surface area (Å²) < 4.78 is 5.44. The van der Waals surface area contributed by atoms with Gasteiger partial charge in [0.2, 0.25) is 0 Å². The fraction of sp³-hybridized carbons (Fsp3) is 0.176. The van der Waals surface area contributed by atoms with Gasteiger partial charge in [0.25, 0.3) is 0 Å². The first-order valence-electron chi connectivity index (χ1n) is 6.50. The summed E-state index contributed by atoms with van der Waals surface area (Å²) >= 11 is 0. The summed E-state index contributed by atoms with van der Waals surface area (Å²) in [6.45, 7) is 0. The third kappa shape index (κ3) is 2.69. The molecule has 1 heterocycles. The van der Waals surface area contributed by atoms with E-state index in [2.05, 4.69) is 30.4 Å². The smallest absolute Gasteiger partial charge is 0.198 e. The van der Waals surface area contributed by atoms with Crippen molar-refractivity contribution in [3.8, 4) is 5.75 Å². The Morgan fingerprint density at radius 1 is 1.00 bits per heavy atom. The van der Waals surface area contributed by atoms with Crippen LogP contribution in [0.3, 0.4) is 0 Å². The number of aliphatic hydroxyl groups is 1. The molecule has 2 aromatic carbocycles. The van der Waals surface area contributed by atoms with Gasteiger partial charge in [0.15, 0.2) is 6.29 Å². The van der Waals surface area contributed by atoms with Crippen molar-refractivity contribution in [1.82, 2.24) is 0 Å². The SMILES string of the molecule is OC1CC(/C=C/c2ccccc2)c2ccccc2O1. The summed E-state index contributed by atoms with van der Waals surface area (Å²) in [6.07, 6.45) is 4.11. The van der Waals surface area contributed by atoms with E-state index in [-0.39, 0.29) is 5.92 Å². The number of fused-ring (bicyclic) bond motifs is 1. The van der Waals surface area contributed by atoms with Crippen molar-refractivity contribution in [2.75, 3.05) is 0 Å². The summed E-state index contributed by atoms with van der Waals surface area (Å²) in [5, 5.41) is 9.77. The standard InChI is InChI=1S/C17H16O2/c18-17-12-14(11-10-13-6-2-1-3-7-13)15-8-4-5-9-16(15)19-17/h1-11,14,17-18H,12H2/b11-10+. The van der Waals surface area contributed by atoms with Gasteiger partial charge in [-0.1, -0.05) is 60.7 Å². The number of benzene rings is 2. The molecule has 1 N–H and O–H groups in total. The second-order valence-electron chi connectivity index (χ2n) is 4.72. The second kappa shape index (κ2) is 5.29. The summed E-state index contributed by atoms with van der Waals surface area (Å²) in [6, 6.07) is 18.1. The molecule has 96 valence electrons. The van der Waals surface area contributed by atoms with Gasteiger partial charge in [0.1, 0.15) is 5.75 Å². The van der Waals surface area contributed by atoms with Crippen molar-refractivity contribution in [3.05, 3.63) is 71.8 Å². The molecule has 0 fully saturated rings. The number of allylic oxidation sites excluding steroid dienone is 1. The molecule has 3 rings (SSSR count). The molecule has 2 aromatic rings.